The number of nitrogens with one attached hydrogen (secondary N) is 2. The molecule has 1 heterocycles. The van der Waals surface area contributed by atoms with E-state index in [0.717, 1.165) is 18.0 Å². The van der Waals surface area contributed by atoms with Crippen LogP contribution in [0.4, 0.5) is 0 Å². The molecule has 2 aliphatic rings. The minimum Gasteiger partial charge on any atom is -0.315 e. The van der Waals surface area contributed by atoms with Crippen LogP contribution in [-0.4, -0.2) is 25.2 Å². The van der Waals surface area contributed by atoms with Gasteiger partial charge in [0.05, 0.1) is 0 Å². The van der Waals surface area contributed by atoms with E-state index in [1.54, 1.807) is 0 Å². The van der Waals surface area contributed by atoms with E-state index >= 15 is 0 Å². The molecular formula is C16H32N2. The Labute approximate surface area is 113 Å². The zero-order chi connectivity index (χ0) is 13.0. The van der Waals surface area contributed by atoms with Crippen LogP contribution in [0.5, 0.6) is 0 Å². The highest BCUT2D eigenvalue weighted by molar-refractivity contribution is 4.87. The maximum atomic E-state index is 3.89. The van der Waals surface area contributed by atoms with Gasteiger partial charge in [0.15, 0.2) is 0 Å². The predicted molar refractivity (Wildman–Crippen MR) is 78.8 cm³/mol. The molecule has 1 saturated carbocycles. The quantitative estimate of drug-likeness (QED) is 0.802. The Morgan fingerprint density at radius 3 is 2.33 bits per heavy atom. The van der Waals surface area contributed by atoms with Crippen molar-refractivity contribution < 1.29 is 0 Å². The Kier molecular flexibility index (Phi) is 5.08. The summed E-state index contributed by atoms with van der Waals surface area (Å²) >= 11 is 0. The van der Waals surface area contributed by atoms with E-state index in [2.05, 4.69) is 31.4 Å². The lowest BCUT2D eigenvalue weighted by molar-refractivity contribution is 0.132. The van der Waals surface area contributed by atoms with Gasteiger partial charge in [0, 0.05) is 18.6 Å². The van der Waals surface area contributed by atoms with Crippen LogP contribution in [0.25, 0.3) is 0 Å². The lowest BCUT2D eigenvalue weighted by Crippen LogP contribution is -2.48. The fourth-order valence-electron chi connectivity index (χ4n) is 3.66. The molecule has 1 atom stereocenters. The second-order valence-corrected chi connectivity index (χ2v) is 7.10. The maximum absolute atomic E-state index is 3.89. The molecule has 0 aromatic rings. The van der Waals surface area contributed by atoms with Gasteiger partial charge in [-0.25, -0.2) is 0 Å². The number of rotatable bonds is 4. The highest BCUT2D eigenvalue weighted by atomic mass is 15.0. The van der Waals surface area contributed by atoms with Gasteiger partial charge < -0.3 is 10.6 Å². The molecule has 0 bridgehead atoms. The summed E-state index contributed by atoms with van der Waals surface area (Å²) in [7, 11) is 0. The van der Waals surface area contributed by atoms with Gasteiger partial charge in [0.1, 0.15) is 0 Å². The minimum atomic E-state index is 0.553. The number of hydrogen-bond acceptors (Lipinski definition) is 2. The highest BCUT2D eigenvalue weighted by Gasteiger charge is 2.32. The average molecular weight is 252 g/mol. The summed E-state index contributed by atoms with van der Waals surface area (Å²) in [6, 6.07) is 1.53. The van der Waals surface area contributed by atoms with Crippen LogP contribution in [0.15, 0.2) is 0 Å². The standard InChI is InChI=1S/C16H32N2/c1-4-16(2,3)13-7-9-14(10-8-13)18-15-6-5-11-17-12-15/h13-15,17-18H,4-12H2,1-3H3. The zero-order valence-corrected chi connectivity index (χ0v) is 12.6. The van der Waals surface area contributed by atoms with Gasteiger partial charge >= 0.3 is 0 Å². The topological polar surface area (TPSA) is 24.1 Å². The molecule has 0 radical (unpaired) electrons. The molecule has 0 amide bonds. The van der Waals surface area contributed by atoms with E-state index in [-0.39, 0.29) is 0 Å². The van der Waals surface area contributed by atoms with Gasteiger partial charge in [-0.05, 0) is 56.4 Å². The second-order valence-electron chi connectivity index (χ2n) is 7.10. The third kappa shape index (κ3) is 3.71. The summed E-state index contributed by atoms with van der Waals surface area (Å²) in [5.74, 6) is 0.949. The average Bonchev–Trinajstić information content (AvgIpc) is 2.40. The van der Waals surface area contributed by atoms with Gasteiger partial charge in [-0.2, -0.15) is 0 Å². The first-order chi connectivity index (χ1) is 8.62. The van der Waals surface area contributed by atoms with Crippen molar-refractivity contribution in [2.24, 2.45) is 11.3 Å². The van der Waals surface area contributed by atoms with Gasteiger partial charge in [-0.3, -0.25) is 0 Å². The largest absolute Gasteiger partial charge is 0.315 e. The third-order valence-corrected chi connectivity index (χ3v) is 5.51. The summed E-state index contributed by atoms with van der Waals surface area (Å²) in [6.07, 6.45) is 9.68. The zero-order valence-electron chi connectivity index (χ0n) is 12.6. The second kappa shape index (κ2) is 6.38. The first-order valence-electron chi connectivity index (χ1n) is 8.08. The van der Waals surface area contributed by atoms with Crippen LogP contribution in [0, 0.1) is 11.3 Å². The molecule has 2 fully saturated rings. The molecular weight excluding hydrogens is 220 g/mol. The van der Waals surface area contributed by atoms with Crippen molar-refractivity contribution in [2.75, 3.05) is 13.1 Å². The molecule has 0 aromatic carbocycles. The predicted octanol–water partition coefficient (Wildman–Crippen LogP) is 3.32. The summed E-state index contributed by atoms with van der Waals surface area (Å²) < 4.78 is 0. The molecule has 2 heteroatoms. The van der Waals surface area contributed by atoms with E-state index in [4.69, 9.17) is 0 Å². The molecule has 1 aliphatic heterocycles. The molecule has 0 aromatic heterocycles. The molecule has 2 nitrogen and oxygen atoms in total. The van der Waals surface area contributed by atoms with Crippen molar-refractivity contribution in [3.8, 4) is 0 Å². The first-order valence-corrected chi connectivity index (χ1v) is 8.08. The van der Waals surface area contributed by atoms with Crippen molar-refractivity contribution >= 4 is 0 Å². The molecule has 1 saturated heterocycles. The van der Waals surface area contributed by atoms with Crippen LogP contribution in [0.2, 0.25) is 0 Å². The fourth-order valence-corrected chi connectivity index (χ4v) is 3.66. The van der Waals surface area contributed by atoms with Crippen LogP contribution >= 0.6 is 0 Å². The van der Waals surface area contributed by atoms with Crippen molar-refractivity contribution in [3.63, 3.8) is 0 Å². The van der Waals surface area contributed by atoms with E-state index in [1.165, 1.54) is 58.0 Å². The summed E-state index contributed by atoms with van der Waals surface area (Å²) in [5, 5.41) is 7.39. The molecule has 2 rings (SSSR count). The monoisotopic (exact) mass is 252 g/mol. The van der Waals surface area contributed by atoms with Crippen LogP contribution in [0.1, 0.15) is 65.7 Å². The molecule has 0 spiro atoms. The Morgan fingerprint density at radius 2 is 1.78 bits per heavy atom. The third-order valence-electron chi connectivity index (χ3n) is 5.51. The number of piperidine rings is 1. The highest BCUT2D eigenvalue weighted by Crippen LogP contribution is 2.40. The Bertz CT molecular complexity index is 235. The lowest BCUT2D eigenvalue weighted by Gasteiger charge is -2.40. The van der Waals surface area contributed by atoms with Gasteiger partial charge in [0.2, 0.25) is 0 Å². The van der Waals surface area contributed by atoms with Crippen molar-refractivity contribution in [3.05, 3.63) is 0 Å². The van der Waals surface area contributed by atoms with E-state index in [1.807, 2.05) is 0 Å². The van der Waals surface area contributed by atoms with Crippen LogP contribution < -0.4 is 10.6 Å². The van der Waals surface area contributed by atoms with Gasteiger partial charge in [-0.1, -0.05) is 27.2 Å². The molecule has 2 N–H and O–H groups in total. The Hall–Kier alpha value is -0.0800. The maximum Gasteiger partial charge on any atom is 0.0195 e. The molecule has 18 heavy (non-hydrogen) atoms. The summed E-state index contributed by atoms with van der Waals surface area (Å²) in [5.41, 5.74) is 0.553. The number of hydrogen-bond donors (Lipinski definition) is 2. The fraction of sp³-hybridized carbons (Fsp3) is 1.00. The van der Waals surface area contributed by atoms with Gasteiger partial charge in [0.25, 0.3) is 0 Å². The van der Waals surface area contributed by atoms with Crippen molar-refractivity contribution in [1.82, 2.24) is 10.6 Å². The summed E-state index contributed by atoms with van der Waals surface area (Å²) in [4.78, 5) is 0. The SMILES string of the molecule is CCC(C)(C)C1CCC(NC2CCCNC2)CC1. The van der Waals surface area contributed by atoms with Crippen molar-refractivity contribution in [2.45, 2.75) is 77.8 Å². The van der Waals surface area contributed by atoms with Gasteiger partial charge in [-0.15, -0.1) is 0 Å². The summed E-state index contributed by atoms with van der Waals surface area (Å²) in [6.45, 7) is 9.65. The van der Waals surface area contributed by atoms with Crippen LogP contribution in [-0.2, 0) is 0 Å². The van der Waals surface area contributed by atoms with Crippen LogP contribution in [0.3, 0.4) is 0 Å². The van der Waals surface area contributed by atoms with Crippen molar-refractivity contribution in [1.29, 1.82) is 0 Å². The first kappa shape index (κ1) is 14.3. The van der Waals surface area contributed by atoms with E-state index in [0.29, 0.717) is 5.41 Å². The molecule has 1 unspecified atom stereocenters. The van der Waals surface area contributed by atoms with E-state index < -0.39 is 0 Å². The lowest BCUT2D eigenvalue weighted by atomic mass is 9.69. The molecule has 106 valence electrons. The smallest absolute Gasteiger partial charge is 0.0195 e. The Balaban J connectivity index is 1.73. The van der Waals surface area contributed by atoms with E-state index in [9.17, 15) is 0 Å². The minimum absolute atomic E-state index is 0.553. The Morgan fingerprint density at radius 1 is 1.06 bits per heavy atom. The normalized spacial score (nSPS) is 34.5. The molecule has 1 aliphatic carbocycles.